The third kappa shape index (κ3) is 3.83. The number of nitrogens with one attached hydrogen (secondary N) is 1. The van der Waals surface area contributed by atoms with Crippen molar-refractivity contribution in [2.45, 2.75) is 51.7 Å². The van der Waals surface area contributed by atoms with Gasteiger partial charge in [0.1, 0.15) is 17.4 Å². The lowest BCUT2D eigenvalue weighted by Crippen LogP contribution is -2.44. The quantitative estimate of drug-likeness (QED) is 0.836. The molecular formula is C18H24N2O3. The van der Waals surface area contributed by atoms with E-state index in [9.17, 15) is 10.1 Å². The lowest BCUT2D eigenvalue weighted by Gasteiger charge is -2.27. The molecule has 0 bridgehead atoms. The minimum Gasteiger partial charge on any atom is -0.491 e. The maximum atomic E-state index is 12.5. The molecule has 1 N–H and O–H groups in total. The van der Waals surface area contributed by atoms with Crippen LogP contribution in [0.4, 0.5) is 5.69 Å². The second-order valence-electron chi connectivity index (χ2n) is 6.20. The minimum absolute atomic E-state index is 0.0774. The minimum atomic E-state index is -0.849. The van der Waals surface area contributed by atoms with Crippen molar-refractivity contribution in [1.29, 1.82) is 5.26 Å². The summed E-state index contributed by atoms with van der Waals surface area (Å²) in [6, 6.07) is 7.24. The molecule has 23 heavy (non-hydrogen) atoms. The third-order valence-corrected chi connectivity index (χ3v) is 4.50. The van der Waals surface area contributed by atoms with Gasteiger partial charge in [-0.05, 0) is 51.2 Å². The molecule has 0 unspecified atom stereocenters. The van der Waals surface area contributed by atoms with E-state index in [-0.39, 0.29) is 17.9 Å². The van der Waals surface area contributed by atoms with Gasteiger partial charge in [-0.1, -0.05) is 6.92 Å². The Morgan fingerprint density at radius 1 is 1.52 bits per heavy atom. The van der Waals surface area contributed by atoms with Gasteiger partial charge in [0.15, 0.2) is 0 Å². The van der Waals surface area contributed by atoms with Crippen LogP contribution in [0.5, 0.6) is 5.75 Å². The van der Waals surface area contributed by atoms with Crippen LogP contribution >= 0.6 is 0 Å². The summed E-state index contributed by atoms with van der Waals surface area (Å²) in [6.07, 6.45) is 2.94. The zero-order chi connectivity index (χ0) is 17.0. The van der Waals surface area contributed by atoms with Crippen LogP contribution in [0.15, 0.2) is 18.2 Å². The molecule has 0 aliphatic heterocycles. The number of rotatable bonds is 7. The number of anilines is 1. The molecule has 1 aromatic rings. The molecule has 1 saturated carbocycles. The molecule has 0 saturated heterocycles. The second kappa shape index (κ2) is 7.01. The van der Waals surface area contributed by atoms with Crippen molar-refractivity contribution in [2.75, 3.05) is 12.4 Å². The van der Waals surface area contributed by atoms with Gasteiger partial charge in [0.25, 0.3) is 5.91 Å². The Hall–Kier alpha value is -2.06. The van der Waals surface area contributed by atoms with Crippen LogP contribution in [-0.4, -0.2) is 24.7 Å². The summed E-state index contributed by atoms with van der Waals surface area (Å²) in [5.41, 5.74) is 0.0184. The fraction of sp³-hybridized carbons (Fsp3) is 0.556. The number of benzene rings is 1. The number of carbonyl (C=O) groups excluding carboxylic acids is 1. The Labute approximate surface area is 137 Å². The number of hydrogen-bond acceptors (Lipinski definition) is 4. The summed E-state index contributed by atoms with van der Waals surface area (Å²) < 4.78 is 11.2. The van der Waals surface area contributed by atoms with Crippen LogP contribution in [-0.2, 0) is 9.53 Å². The molecule has 0 spiro atoms. The van der Waals surface area contributed by atoms with E-state index in [1.807, 2.05) is 13.8 Å². The van der Waals surface area contributed by atoms with Gasteiger partial charge in [-0.2, -0.15) is 5.26 Å². The Bertz CT molecular complexity index is 619. The summed E-state index contributed by atoms with van der Waals surface area (Å²) in [7, 11) is 1.55. The molecule has 5 heteroatoms. The standard InChI is InChI=1S/C18H24N2O3/c1-5-12(2)23-15-8-9-16(13(10-15)11-19)20-17(21)18(3,22-4)14-6-7-14/h8-10,12,14H,5-7H2,1-4H3,(H,20,21)/t12-,18+/m0/s1. The highest BCUT2D eigenvalue weighted by Crippen LogP contribution is 2.42. The molecule has 1 aromatic carbocycles. The molecule has 0 heterocycles. The van der Waals surface area contributed by atoms with E-state index in [1.165, 1.54) is 0 Å². The summed E-state index contributed by atoms with van der Waals surface area (Å²) in [5.74, 6) is 0.659. The normalized spacial score (nSPS) is 17.7. The van der Waals surface area contributed by atoms with Crippen molar-refractivity contribution in [2.24, 2.45) is 5.92 Å². The lowest BCUT2D eigenvalue weighted by atomic mass is 9.98. The van der Waals surface area contributed by atoms with Crippen LogP contribution in [0.1, 0.15) is 45.6 Å². The first-order valence-electron chi connectivity index (χ1n) is 8.02. The van der Waals surface area contributed by atoms with Gasteiger partial charge in [-0.25, -0.2) is 0 Å². The predicted molar refractivity (Wildman–Crippen MR) is 88.3 cm³/mol. The molecule has 124 valence electrons. The Kier molecular flexibility index (Phi) is 5.27. The largest absolute Gasteiger partial charge is 0.491 e. The molecular weight excluding hydrogens is 292 g/mol. The number of nitrogens with zero attached hydrogens (tertiary/aromatic N) is 1. The van der Waals surface area contributed by atoms with E-state index in [0.29, 0.717) is 17.0 Å². The molecule has 5 nitrogen and oxygen atoms in total. The SMILES string of the molecule is CC[C@H](C)Oc1ccc(NC(=O)[C@](C)(OC)C2CC2)c(C#N)c1. The van der Waals surface area contributed by atoms with E-state index >= 15 is 0 Å². The van der Waals surface area contributed by atoms with Gasteiger partial charge in [0.2, 0.25) is 0 Å². The van der Waals surface area contributed by atoms with E-state index in [2.05, 4.69) is 11.4 Å². The first-order chi connectivity index (χ1) is 10.9. The van der Waals surface area contributed by atoms with Crippen molar-refractivity contribution >= 4 is 11.6 Å². The van der Waals surface area contributed by atoms with Crippen molar-refractivity contribution in [1.82, 2.24) is 0 Å². The number of methoxy groups -OCH3 is 1. The average Bonchev–Trinajstić information content (AvgIpc) is 3.40. The van der Waals surface area contributed by atoms with E-state index in [1.54, 1.807) is 32.2 Å². The third-order valence-electron chi connectivity index (χ3n) is 4.50. The molecule has 1 aliphatic carbocycles. The maximum absolute atomic E-state index is 12.5. The lowest BCUT2D eigenvalue weighted by molar-refractivity contribution is -0.138. The molecule has 2 rings (SSSR count). The Morgan fingerprint density at radius 3 is 2.74 bits per heavy atom. The van der Waals surface area contributed by atoms with Crippen molar-refractivity contribution in [3.05, 3.63) is 23.8 Å². The highest BCUT2D eigenvalue weighted by molar-refractivity contribution is 5.98. The topological polar surface area (TPSA) is 71.3 Å². The van der Waals surface area contributed by atoms with Crippen molar-refractivity contribution in [3.63, 3.8) is 0 Å². The van der Waals surface area contributed by atoms with Gasteiger partial charge in [-0.15, -0.1) is 0 Å². The number of carbonyl (C=O) groups is 1. The summed E-state index contributed by atoms with van der Waals surface area (Å²) >= 11 is 0. The Balaban J connectivity index is 2.16. The summed E-state index contributed by atoms with van der Waals surface area (Å²) in [6.45, 7) is 5.81. The molecule has 1 fully saturated rings. The maximum Gasteiger partial charge on any atom is 0.256 e. The van der Waals surface area contributed by atoms with Crippen molar-refractivity contribution in [3.8, 4) is 11.8 Å². The number of ether oxygens (including phenoxy) is 2. The molecule has 1 amide bonds. The van der Waals surface area contributed by atoms with Gasteiger partial charge >= 0.3 is 0 Å². The summed E-state index contributed by atoms with van der Waals surface area (Å²) in [4.78, 5) is 12.5. The number of nitriles is 1. The molecule has 2 atom stereocenters. The first kappa shape index (κ1) is 17.3. The number of amides is 1. The van der Waals surface area contributed by atoms with Crippen molar-refractivity contribution < 1.29 is 14.3 Å². The Morgan fingerprint density at radius 2 is 2.22 bits per heavy atom. The highest BCUT2D eigenvalue weighted by Gasteiger charge is 2.47. The van der Waals surface area contributed by atoms with E-state index in [0.717, 1.165) is 19.3 Å². The molecule has 0 aromatic heterocycles. The summed E-state index contributed by atoms with van der Waals surface area (Å²) in [5, 5.41) is 12.2. The van der Waals surface area contributed by atoms with Gasteiger partial charge in [0.05, 0.1) is 17.4 Å². The van der Waals surface area contributed by atoms with Gasteiger partial charge in [0, 0.05) is 13.2 Å². The van der Waals surface area contributed by atoms with Gasteiger partial charge < -0.3 is 14.8 Å². The smallest absolute Gasteiger partial charge is 0.256 e. The monoisotopic (exact) mass is 316 g/mol. The average molecular weight is 316 g/mol. The predicted octanol–water partition coefficient (Wildman–Crippen LogP) is 3.49. The fourth-order valence-corrected chi connectivity index (χ4v) is 2.44. The van der Waals surface area contributed by atoms with E-state index < -0.39 is 5.60 Å². The molecule has 1 aliphatic rings. The van der Waals surface area contributed by atoms with Crippen LogP contribution in [0.3, 0.4) is 0 Å². The van der Waals surface area contributed by atoms with Crippen LogP contribution in [0.2, 0.25) is 0 Å². The molecule has 0 radical (unpaired) electrons. The van der Waals surface area contributed by atoms with Crippen LogP contribution in [0, 0.1) is 17.2 Å². The van der Waals surface area contributed by atoms with Gasteiger partial charge in [-0.3, -0.25) is 4.79 Å². The zero-order valence-electron chi connectivity index (χ0n) is 14.2. The van der Waals surface area contributed by atoms with Crippen LogP contribution in [0.25, 0.3) is 0 Å². The first-order valence-corrected chi connectivity index (χ1v) is 8.02. The second-order valence-corrected chi connectivity index (χ2v) is 6.20. The fourth-order valence-electron chi connectivity index (χ4n) is 2.44. The van der Waals surface area contributed by atoms with E-state index in [4.69, 9.17) is 9.47 Å². The highest BCUT2D eigenvalue weighted by atomic mass is 16.5. The van der Waals surface area contributed by atoms with Crippen LogP contribution < -0.4 is 10.1 Å². The zero-order valence-corrected chi connectivity index (χ0v) is 14.2. The number of hydrogen-bond donors (Lipinski definition) is 1.